The first-order valence-corrected chi connectivity index (χ1v) is 9.90. The van der Waals surface area contributed by atoms with Crippen molar-refractivity contribution in [3.8, 4) is 0 Å². The molecule has 1 aromatic heterocycles. The highest BCUT2D eigenvalue weighted by molar-refractivity contribution is 7.90. The van der Waals surface area contributed by atoms with Gasteiger partial charge < -0.3 is 10.2 Å². The van der Waals surface area contributed by atoms with E-state index in [0.29, 0.717) is 6.54 Å². The van der Waals surface area contributed by atoms with Gasteiger partial charge in [0.15, 0.2) is 9.84 Å². The Bertz CT molecular complexity index is 768. The number of sulfone groups is 1. The van der Waals surface area contributed by atoms with Gasteiger partial charge in [-0.15, -0.1) is 0 Å². The van der Waals surface area contributed by atoms with E-state index in [-0.39, 0.29) is 22.4 Å². The van der Waals surface area contributed by atoms with E-state index in [2.05, 4.69) is 5.32 Å². The van der Waals surface area contributed by atoms with Crippen LogP contribution >= 0.6 is 11.3 Å². The molecule has 0 bridgehead atoms. The molecule has 23 heavy (non-hydrogen) atoms. The molecule has 0 aliphatic carbocycles. The molecule has 7 heteroatoms. The molecule has 0 unspecified atom stereocenters. The minimum Gasteiger partial charge on any atom is -0.350 e. The van der Waals surface area contributed by atoms with Crippen LogP contribution in [0.3, 0.4) is 0 Å². The van der Waals surface area contributed by atoms with Gasteiger partial charge >= 0.3 is 0 Å². The third-order valence-corrected chi connectivity index (χ3v) is 5.39. The zero-order valence-electron chi connectivity index (χ0n) is 13.3. The Hall–Kier alpha value is -1.70. The lowest BCUT2D eigenvalue weighted by molar-refractivity contribution is 0.0938. The van der Waals surface area contributed by atoms with Crippen molar-refractivity contribution in [2.24, 2.45) is 0 Å². The van der Waals surface area contributed by atoms with Crippen molar-refractivity contribution in [1.82, 2.24) is 10.2 Å². The molecule has 0 radical (unpaired) electrons. The number of amides is 1. The van der Waals surface area contributed by atoms with Gasteiger partial charge in [-0.1, -0.05) is 12.1 Å². The second kappa shape index (κ2) is 7.25. The number of hydrogen-bond donors (Lipinski definition) is 1. The summed E-state index contributed by atoms with van der Waals surface area (Å²) in [6, 6.07) is 8.31. The van der Waals surface area contributed by atoms with Gasteiger partial charge in [0.1, 0.15) is 0 Å². The third-order valence-electron chi connectivity index (χ3n) is 3.54. The van der Waals surface area contributed by atoms with E-state index in [4.69, 9.17) is 0 Å². The Labute approximate surface area is 140 Å². The van der Waals surface area contributed by atoms with Crippen LogP contribution in [-0.4, -0.2) is 46.1 Å². The summed E-state index contributed by atoms with van der Waals surface area (Å²) in [4.78, 5) is 14.5. The van der Waals surface area contributed by atoms with Gasteiger partial charge in [-0.2, -0.15) is 11.3 Å². The zero-order chi connectivity index (χ0) is 17.0. The van der Waals surface area contributed by atoms with E-state index in [1.807, 2.05) is 35.8 Å². The summed E-state index contributed by atoms with van der Waals surface area (Å²) in [5, 5.41) is 6.88. The van der Waals surface area contributed by atoms with Crippen molar-refractivity contribution < 1.29 is 13.2 Å². The molecule has 1 heterocycles. The number of benzene rings is 1. The molecule has 0 fully saturated rings. The van der Waals surface area contributed by atoms with Crippen LogP contribution in [-0.2, 0) is 9.84 Å². The van der Waals surface area contributed by atoms with Gasteiger partial charge in [0.05, 0.1) is 16.5 Å². The number of nitrogens with zero attached hydrogens (tertiary/aromatic N) is 1. The Morgan fingerprint density at radius 1 is 1.26 bits per heavy atom. The molecule has 1 N–H and O–H groups in total. The van der Waals surface area contributed by atoms with Crippen LogP contribution in [0.15, 0.2) is 46.0 Å². The van der Waals surface area contributed by atoms with Crippen LogP contribution in [0, 0.1) is 0 Å². The van der Waals surface area contributed by atoms with Crippen molar-refractivity contribution in [2.75, 3.05) is 26.9 Å². The van der Waals surface area contributed by atoms with Crippen LogP contribution in [0.25, 0.3) is 0 Å². The van der Waals surface area contributed by atoms with Crippen LogP contribution in [0.1, 0.15) is 22.0 Å². The molecule has 1 atom stereocenters. The maximum absolute atomic E-state index is 12.4. The fourth-order valence-electron chi connectivity index (χ4n) is 2.33. The van der Waals surface area contributed by atoms with Gasteiger partial charge in [-0.25, -0.2) is 8.42 Å². The predicted molar refractivity (Wildman–Crippen MR) is 92.6 cm³/mol. The summed E-state index contributed by atoms with van der Waals surface area (Å²) >= 11 is 1.60. The molecule has 0 saturated heterocycles. The SMILES string of the molecule is CN(C)[C@H](CNC(=O)c1ccccc1S(C)(=O)=O)c1ccsc1. The molecule has 2 rings (SSSR count). The fraction of sp³-hybridized carbons (Fsp3) is 0.312. The highest BCUT2D eigenvalue weighted by Crippen LogP contribution is 2.21. The number of hydrogen-bond acceptors (Lipinski definition) is 5. The number of nitrogens with one attached hydrogen (secondary N) is 1. The number of likely N-dealkylation sites (N-methyl/N-ethyl adjacent to an activating group) is 1. The number of carbonyl (C=O) groups is 1. The standard InChI is InChI=1S/C16H20N2O3S2/c1-18(2)14(12-8-9-22-11-12)10-17-16(19)13-6-4-5-7-15(13)23(3,20)21/h4-9,11,14H,10H2,1-3H3,(H,17,19)/t14-/m1/s1. The molecule has 0 spiro atoms. The Morgan fingerprint density at radius 3 is 2.52 bits per heavy atom. The predicted octanol–water partition coefficient (Wildman–Crippen LogP) is 2.18. The summed E-state index contributed by atoms with van der Waals surface area (Å²) in [5.41, 5.74) is 1.30. The van der Waals surface area contributed by atoms with Crippen molar-refractivity contribution in [3.05, 3.63) is 52.2 Å². The molecule has 1 amide bonds. The second-order valence-corrected chi connectivity index (χ2v) is 8.28. The zero-order valence-corrected chi connectivity index (χ0v) is 14.9. The average molecular weight is 352 g/mol. The largest absolute Gasteiger partial charge is 0.350 e. The minimum atomic E-state index is -3.45. The van der Waals surface area contributed by atoms with Crippen LogP contribution in [0.2, 0.25) is 0 Å². The normalized spacial score (nSPS) is 13.0. The summed E-state index contributed by atoms with van der Waals surface area (Å²) in [6.07, 6.45) is 1.10. The van der Waals surface area contributed by atoms with E-state index in [1.54, 1.807) is 23.5 Å². The van der Waals surface area contributed by atoms with E-state index in [1.165, 1.54) is 12.1 Å². The van der Waals surface area contributed by atoms with Crippen molar-refractivity contribution in [2.45, 2.75) is 10.9 Å². The fourth-order valence-corrected chi connectivity index (χ4v) is 3.92. The topological polar surface area (TPSA) is 66.5 Å². The Balaban J connectivity index is 2.17. The molecular weight excluding hydrogens is 332 g/mol. The van der Waals surface area contributed by atoms with Gasteiger partial charge in [-0.3, -0.25) is 4.79 Å². The van der Waals surface area contributed by atoms with Crippen molar-refractivity contribution in [3.63, 3.8) is 0 Å². The summed E-state index contributed by atoms with van der Waals surface area (Å²) in [7, 11) is 0.441. The van der Waals surface area contributed by atoms with Gasteiger partial charge in [-0.05, 0) is 48.6 Å². The average Bonchev–Trinajstić information content (AvgIpc) is 3.00. The lowest BCUT2D eigenvalue weighted by Crippen LogP contribution is -2.34. The Morgan fingerprint density at radius 2 is 1.96 bits per heavy atom. The molecule has 2 aromatic rings. The lowest BCUT2D eigenvalue weighted by atomic mass is 10.1. The van der Waals surface area contributed by atoms with Crippen molar-refractivity contribution >= 4 is 27.1 Å². The maximum atomic E-state index is 12.4. The van der Waals surface area contributed by atoms with E-state index >= 15 is 0 Å². The van der Waals surface area contributed by atoms with Crippen LogP contribution in [0.4, 0.5) is 0 Å². The first-order valence-electron chi connectivity index (χ1n) is 7.06. The van der Waals surface area contributed by atoms with Crippen molar-refractivity contribution in [1.29, 1.82) is 0 Å². The van der Waals surface area contributed by atoms with Gasteiger partial charge in [0, 0.05) is 12.8 Å². The van der Waals surface area contributed by atoms with Gasteiger partial charge in [0.25, 0.3) is 5.91 Å². The first-order chi connectivity index (χ1) is 10.8. The third kappa shape index (κ3) is 4.40. The van der Waals surface area contributed by atoms with E-state index in [9.17, 15) is 13.2 Å². The molecule has 5 nitrogen and oxygen atoms in total. The van der Waals surface area contributed by atoms with E-state index in [0.717, 1.165) is 11.8 Å². The number of thiophene rings is 1. The molecule has 0 aliphatic heterocycles. The number of carbonyl (C=O) groups excluding carboxylic acids is 1. The van der Waals surface area contributed by atoms with Crippen LogP contribution < -0.4 is 5.32 Å². The quantitative estimate of drug-likeness (QED) is 0.865. The van der Waals surface area contributed by atoms with E-state index < -0.39 is 9.84 Å². The smallest absolute Gasteiger partial charge is 0.252 e. The minimum absolute atomic E-state index is 0.0376. The first kappa shape index (κ1) is 17.7. The summed E-state index contributed by atoms with van der Waals surface area (Å²) < 4.78 is 23.6. The Kier molecular flexibility index (Phi) is 5.56. The number of rotatable bonds is 6. The molecule has 124 valence electrons. The molecule has 0 saturated carbocycles. The summed E-state index contributed by atoms with van der Waals surface area (Å²) in [5.74, 6) is -0.381. The highest BCUT2D eigenvalue weighted by atomic mass is 32.2. The van der Waals surface area contributed by atoms with Crippen LogP contribution in [0.5, 0.6) is 0 Å². The molecule has 1 aromatic carbocycles. The molecule has 0 aliphatic rings. The second-order valence-electron chi connectivity index (χ2n) is 5.51. The maximum Gasteiger partial charge on any atom is 0.252 e. The highest BCUT2D eigenvalue weighted by Gasteiger charge is 2.20. The summed E-state index contributed by atoms with van der Waals surface area (Å²) in [6.45, 7) is 0.403. The monoisotopic (exact) mass is 352 g/mol. The molecular formula is C16H20N2O3S2. The lowest BCUT2D eigenvalue weighted by Gasteiger charge is -2.24. The van der Waals surface area contributed by atoms with Gasteiger partial charge in [0.2, 0.25) is 0 Å².